The highest BCUT2D eigenvalue weighted by Crippen LogP contribution is 2.19. The summed E-state index contributed by atoms with van der Waals surface area (Å²) >= 11 is 0. The molecular formula is C22H16N4O. The molecule has 2 aliphatic rings. The summed E-state index contributed by atoms with van der Waals surface area (Å²) in [6.07, 6.45) is 7.84. The average Bonchev–Trinajstić information content (AvgIpc) is 3.38. The van der Waals surface area contributed by atoms with Crippen LogP contribution in [0.4, 0.5) is 0 Å². The molecule has 0 amide bonds. The van der Waals surface area contributed by atoms with Gasteiger partial charge in [0, 0.05) is 22.1 Å². The number of H-pyrrole nitrogens is 2. The number of carbonyl (C=O) groups is 1. The van der Waals surface area contributed by atoms with Crippen LogP contribution in [0.2, 0.25) is 0 Å². The predicted octanol–water partition coefficient (Wildman–Crippen LogP) is 4.86. The Hall–Kier alpha value is -3.73. The monoisotopic (exact) mass is 352 g/mol. The van der Waals surface area contributed by atoms with Gasteiger partial charge in [-0.3, -0.25) is 4.79 Å². The molecule has 8 bridgehead atoms. The van der Waals surface area contributed by atoms with E-state index in [4.69, 9.17) is 0 Å². The summed E-state index contributed by atoms with van der Waals surface area (Å²) < 4.78 is 0. The van der Waals surface area contributed by atoms with Gasteiger partial charge in [-0.25, -0.2) is 9.97 Å². The van der Waals surface area contributed by atoms with Crippen LogP contribution in [0.15, 0.2) is 42.5 Å². The SMILES string of the molecule is CC(=O)c1cc2cc3nc(cc4ccc(cc5nc(cc1[nH]2)C=C5)[nH]4)C=C3. The Morgan fingerprint density at radius 3 is 1.78 bits per heavy atom. The summed E-state index contributed by atoms with van der Waals surface area (Å²) in [6.45, 7) is 1.57. The first-order valence-electron chi connectivity index (χ1n) is 8.72. The second kappa shape index (κ2) is 5.92. The molecule has 5 heteroatoms. The molecule has 5 heterocycles. The molecular weight excluding hydrogens is 336 g/mol. The highest BCUT2D eigenvalue weighted by Gasteiger charge is 2.08. The number of carbonyl (C=O) groups excluding carboxylic acids is 1. The summed E-state index contributed by atoms with van der Waals surface area (Å²) in [5, 5.41) is 0. The second-order valence-electron chi connectivity index (χ2n) is 6.64. The third-order valence-electron chi connectivity index (χ3n) is 4.55. The van der Waals surface area contributed by atoms with E-state index in [1.54, 1.807) is 6.92 Å². The zero-order valence-corrected chi connectivity index (χ0v) is 14.7. The molecule has 0 atom stereocenters. The lowest BCUT2D eigenvalue weighted by Crippen LogP contribution is -1.88. The van der Waals surface area contributed by atoms with Gasteiger partial charge in [-0.1, -0.05) is 0 Å². The number of rotatable bonds is 1. The maximum Gasteiger partial charge on any atom is 0.161 e. The minimum atomic E-state index is 0.0106. The molecule has 0 aliphatic carbocycles. The smallest absolute Gasteiger partial charge is 0.161 e. The molecule has 0 spiro atoms. The Balaban J connectivity index is 1.87. The lowest BCUT2D eigenvalue weighted by atomic mass is 10.2. The van der Waals surface area contributed by atoms with Gasteiger partial charge in [0.1, 0.15) is 0 Å². The fourth-order valence-corrected chi connectivity index (χ4v) is 3.31. The van der Waals surface area contributed by atoms with Crippen LogP contribution in [-0.2, 0) is 0 Å². The van der Waals surface area contributed by atoms with Crippen molar-refractivity contribution in [3.8, 4) is 0 Å². The molecule has 3 aromatic rings. The number of hydrogen-bond acceptors (Lipinski definition) is 3. The topological polar surface area (TPSA) is 74.4 Å². The van der Waals surface area contributed by atoms with Crippen molar-refractivity contribution in [1.82, 2.24) is 19.9 Å². The second-order valence-corrected chi connectivity index (χ2v) is 6.64. The number of nitrogens with one attached hydrogen (secondary N) is 2. The number of fused-ring (bicyclic) bond motifs is 8. The number of Topliss-reactive ketones (excluding diaryl/α,β-unsaturated/α-hetero) is 1. The molecule has 130 valence electrons. The molecule has 0 unspecified atom stereocenters. The minimum Gasteiger partial charge on any atom is -0.355 e. The minimum absolute atomic E-state index is 0.0106. The third kappa shape index (κ3) is 3.00. The largest absolute Gasteiger partial charge is 0.355 e. The maximum absolute atomic E-state index is 12.1. The first-order chi connectivity index (χ1) is 13.1. The van der Waals surface area contributed by atoms with Gasteiger partial charge >= 0.3 is 0 Å². The number of aromatic nitrogens is 4. The van der Waals surface area contributed by atoms with Crippen molar-refractivity contribution in [2.24, 2.45) is 0 Å². The third-order valence-corrected chi connectivity index (χ3v) is 4.55. The van der Waals surface area contributed by atoms with E-state index in [0.717, 1.165) is 44.8 Å². The molecule has 27 heavy (non-hydrogen) atoms. The van der Waals surface area contributed by atoms with Crippen LogP contribution in [0.5, 0.6) is 0 Å². The van der Waals surface area contributed by atoms with E-state index in [2.05, 4.69) is 19.9 Å². The van der Waals surface area contributed by atoms with Crippen LogP contribution in [-0.4, -0.2) is 25.7 Å². The summed E-state index contributed by atoms with van der Waals surface area (Å²) in [5.41, 5.74) is 7.57. The van der Waals surface area contributed by atoms with E-state index in [1.165, 1.54) is 0 Å². The Labute approximate surface area is 155 Å². The Bertz CT molecular complexity index is 1300. The van der Waals surface area contributed by atoms with Gasteiger partial charge in [-0.15, -0.1) is 0 Å². The van der Waals surface area contributed by atoms with E-state index in [1.807, 2.05) is 66.8 Å². The predicted molar refractivity (Wildman–Crippen MR) is 109 cm³/mol. The number of aromatic amines is 2. The van der Waals surface area contributed by atoms with Crippen molar-refractivity contribution >= 4 is 52.2 Å². The quantitative estimate of drug-likeness (QED) is 0.423. The van der Waals surface area contributed by atoms with Crippen LogP contribution in [0.25, 0.3) is 46.4 Å². The zero-order valence-electron chi connectivity index (χ0n) is 14.7. The Morgan fingerprint density at radius 1 is 0.704 bits per heavy atom. The summed E-state index contributed by atoms with van der Waals surface area (Å²) in [5.74, 6) is 0.0106. The molecule has 0 radical (unpaired) electrons. The van der Waals surface area contributed by atoms with Crippen molar-refractivity contribution in [1.29, 1.82) is 0 Å². The molecule has 5 nitrogen and oxygen atoms in total. The van der Waals surface area contributed by atoms with E-state index >= 15 is 0 Å². The van der Waals surface area contributed by atoms with Crippen molar-refractivity contribution < 1.29 is 4.79 Å². The summed E-state index contributed by atoms with van der Waals surface area (Å²) in [7, 11) is 0. The molecule has 0 saturated heterocycles. The maximum atomic E-state index is 12.1. The van der Waals surface area contributed by atoms with Crippen LogP contribution in [0.3, 0.4) is 0 Å². The molecule has 0 aromatic carbocycles. The van der Waals surface area contributed by atoms with E-state index in [-0.39, 0.29) is 5.78 Å². The van der Waals surface area contributed by atoms with Gasteiger partial charge in [-0.2, -0.15) is 0 Å². The van der Waals surface area contributed by atoms with Crippen molar-refractivity contribution in [3.05, 3.63) is 70.8 Å². The van der Waals surface area contributed by atoms with Gasteiger partial charge in [-0.05, 0) is 73.7 Å². The summed E-state index contributed by atoms with van der Waals surface area (Å²) in [6, 6.07) is 13.7. The van der Waals surface area contributed by atoms with Gasteiger partial charge in [0.25, 0.3) is 0 Å². The van der Waals surface area contributed by atoms with E-state index in [9.17, 15) is 4.79 Å². The van der Waals surface area contributed by atoms with Gasteiger partial charge in [0.15, 0.2) is 5.78 Å². The fraction of sp³-hybridized carbons (Fsp3) is 0.0455. The van der Waals surface area contributed by atoms with Crippen LogP contribution < -0.4 is 0 Å². The Morgan fingerprint density at radius 2 is 1.22 bits per heavy atom. The standard InChI is InChI=1S/C22H16N4O/c1-13(27)21-11-20-10-18-5-4-16(24-18)8-14-2-3-15(23-14)9-17-6-7-19(25-17)12-22(21)26-20/h2-12,23,26H,1H3. The number of ketones is 1. The molecule has 0 fully saturated rings. The van der Waals surface area contributed by atoms with Gasteiger partial charge in [0.2, 0.25) is 0 Å². The highest BCUT2D eigenvalue weighted by molar-refractivity contribution is 6.03. The molecule has 0 saturated carbocycles. The average molecular weight is 352 g/mol. The molecule has 2 N–H and O–H groups in total. The first kappa shape index (κ1) is 15.5. The van der Waals surface area contributed by atoms with Crippen LogP contribution in [0, 0.1) is 0 Å². The normalized spacial score (nSPS) is 12.5. The molecule has 2 aliphatic heterocycles. The molecule has 3 aromatic heterocycles. The van der Waals surface area contributed by atoms with Crippen molar-refractivity contribution in [2.45, 2.75) is 6.92 Å². The number of nitrogens with zero attached hydrogens (tertiary/aromatic N) is 2. The van der Waals surface area contributed by atoms with E-state index < -0.39 is 0 Å². The van der Waals surface area contributed by atoms with Crippen molar-refractivity contribution in [2.75, 3.05) is 0 Å². The number of hydrogen-bond donors (Lipinski definition) is 2. The van der Waals surface area contributed by atoms with Crippen LogP contribution >= 0.6 is 0 Å². The highest BCUT2D eigenvalue weighted by atomic mass is 16.1. The van der Waals surface area contributed by atoms with Crippen LogP contribution in [0.1, 0.15) is 40.1 Å². The van der Waals surface area contributed by atoms with E-state index in [0.29, 0.717) is 5.56 Å². The lowest BCUT2D eigenvalue weighted by molar-refractivity contribution is 0.101. The van der Waals surface area contributed by atoms with Gasteiger partial charge < -0.3 is 9.97 Å². The first-order valence-corrected chi connectivity index (χ1v) is 8.72. The van der Waals surface area contributed by atoms with Gasteiger partial charge in [0.05, 0.1) is 28.3 Å². The fourth-order valence-electron chi connectivity index (χ4n) is 3.31. The van der Waals surface area contributed by atoms with Crippen molar-refractivity contribution in [3.63, 3.8) is 0 Å². The Kier molecular flexibility index (Phi) is 3.40. The lowest BCUT2D eigenvalue weighted by Gasteiger charge is -1.89. The molecule has 5 rings (SSSR count). The zero-order chi connectivity index (χ0) is 18.4. The summed E-state index contributed by atoms with van der Waals surface area (Å²) in [4.78, 5) is 28.0.